The molecule has 0 bridgehead atoms. The van der Waals surface area contributed by atoms with Crippen LogP contribution in [0.3, 0.4) is 0 Å². The fraction of sp³-hybridized carbons (Fsp3) is 0.400. The first kappa shape index (κ1) is 13.1. The molecule has 1 saturated heterocycles. The van der Waals surface area contributed by atoms with Crippen molar-refractivity contribution in [3.8, 4) is 0 Å². The normalized spacial score (nSPS) is 18.9. The Morgan fingerprint density at radius 3 is 3.17 bits per heavy atom. The first-order chi connectivity index (χ1) is 8.61. The maximum absolute atomic E-state index is 11.8. The molecule has 2 rings (SSSR count). The number of azide groups is 1. The van der Waals surface area contributed by atoms with Crippen molar-refractivity contribution in [3.05, 3.63) is 32.2 Å². The number of halogens is 2. The topological polar surface area (TPSA) is 82.0 Å². The summed E-state index contributed by atoms with van der Waals surface area (Å²) < 4.78 is 0.685. The van der Waals surface area contributed by atoms with E-state index < -0.39 is 0 Å². The van der Waals surface area contributed by atoms with E-state index in [1.165, 1.54) is 0 Å². The number of hydrogen-bond donors (Lipinski definition) is 0. The first-order valence-electron chi connectivity index (χ1n) is 5.24. The van der Waals surface area contributed by atoms with Crippen LogP contribution in [-0.2, 0) is 4.79 Å². The molecule has 0 aromatic carbocycles. The molecule has 18 heavy (non-hydrogen) atoms. The zero-order valence-electron chi connectivity index (χ0n) is 9.25. The summed E-state index contributed by atoms with van der Waals surface area (Å²) in [6, 6.07) is 1.64. The molecule has 1 aliphatic rings. The quantitative estimate of drug-likeness (QED) is 0.484. The standard InChI is InChI=1S/C10H9BrClN5O/c11-7-4-14-9(2-8(7)12)17-5-6(1-10(17)18)3-15-16-13/h2,4,6H,1,3,5H2. The molecule has 1 fully saturated rings. The Hall–Kier alpha value is -1.30. The van der Waals surface area contributed by atoms with Gasteiger partial charge in [0.2, 0.25) is 5.91 Å². The van der Waals surface area contributed by atoms with Gasteiger partial charge in [-0.15, -0.1) is 0 Å². The minimum Gasteiger partial charge on any atom is -0.296 e. The zero-order valence-corrected chi connectivity index (χ0v) is 11.6. The van der Waals surface area contributed by atoms with Gasteiger partial charge in [-0.05, 0) is 27.4 Å². The molecule has 0 N–H and O–H groups in total. The van der Waals surface area contributed by atoms with Gasteiger partial charge >= 0.3 is 0 Å². The van der Waals surface area contributed by atoms with Crippen LogP contribution in [-0.4, -0.2) is 24.0 Å². The van der Waals surface area contributed by atoms with E-state index in [0.29, 0.717) is 34.8 Å². The lowest BCUT2D eigenvalue weighted by Crippen LogP contribution is -2.25. The number of hydrogen-bond acceptors (Lipinski definition) is 3. The third-order valence-corrected chi connectivity index (χ3v) is 3.85. The van der Waals surface area contributed by atoms with Gasteiger partial charge in [-0.3, -0.25) is 9.69 Å². The van der Waals surface area contributed by atoms with Crippen LogP contribution >= 0.6 is 27.5 Å². The van der Waals surface area contributed by atoms with Gasteiger partial charge in [0.1, 0.15) is 5.82 Å². The van der Waals surface area contributed by atoms with Crippen molar-refractivity contribution in [2.24, 2.45) is 11.0 Å². The summed E-state index contributed by atoms with van der Waals surface area (Å²) in [5, 5.41) is 4.00. The van der Waals surface area contributed by atoms with Gasteiger partial charge in [0.15, 0.2) is 0 Å². The predicted octanol–water partition coefficient (Wildman–Crippen LogP) is 3.16. The average molecular weight is 331 g/mol. The zero-order chi connectivity index (χ0) is 13.1. The van der Waals surface area contributed by atoms with Crippen molar-refractivity contribution in [2.75, 3.05) is 18.0 Å². The average Bonchev–Trinajstić information content (AvgIpc) is 2.71. The molecule has 2 heterocycles. The second-order valence-electron chi connectivity index (χ2n) is 3.94. The summed E-state index contributed by atoms with van der Waals surface area (Å²) >= 11 is 9.21. The van der Waals surface area contributed by atoms with E-state index in [1.54, 1.807) is 17.2 Å². The number of anilines is 1. The molecular formula is C10H9BrClN5O. The van der Waals surface area contributed by atoms with Crippen molar-refractivity contribution in [3.63, 3.8) is 0 Å². The number of pyridine rings is 1. The monoisotopic (exact) mass is 329 g/mol. The van der Waals surface area contributed by atoms with E-state index >= 15 is 0 Å². The highest BCUT2D eigenvalue weighted by Crippen LogP contribution is 2.29. The number of carbonyl (C=O) groups is 1. The Morgan fingerprint density at radius 2 is 2.50 bits per heavy atom. The molecule has 0 saturated carbocycles. The van der Waals surface area contributed by atoms with Crippen molar-refractivity contribution < 1.29 is 4.79 Å². The summed E-state index contributed by atoms with van der Waals surface area (Å²) in [6.07, 6.45) is 1.93. The maximum atomic E-state index is 11.8. The molecule has 1 amide bonds. The summed E-state index contributed by atoms with van der Waals surface area (Å²) in [5.74, 6) is 0.535. The van der Waals surface area contributed by atoms with Crippen LogP contribution in [0.5, 0.6) is 0 Å². The van der Waals surface area contributed by atoms with E-state index in [9.17, 15) is 4.79 Å². The van der Waals surface area contributed by atoms with Gasteiger partial charge < -0.3 is 0 Å². The third kappa shape index (κ3) is 2.75. The minimum absolute atomic E-state index is 0.0287. The molecule has 0 aliphatic carbocycles. The van der Waals surface area contributed by atoms with Crippen molar-refractivity contribution >= 4 is 39.3 Å². The van der Waals surface area contributed by atoms with Crippen LogP contribution in [0.15, 0.2) is 21.9 Å². The molecule has 1 atom stereocenters. The molecule has 8 heteroatoms. The van der Waals surface area contributed by atoms with E-state index in [4.69, 9.17) is 17.1 Å². The van der Waals surface area contributed by atoms with Crippen molar-refractivity contribution in [1.82, 2.24) is 4.98 Å². The lowest BCUT2D eigenvalue weighted by atomic mass is 10.1. The smallest absolute Gasteiger partial charge is 0.228 e. The summed E-state index contributed by atoms with van der Waals surface area (Å²) in [7, 11) is 0. The van der Waals surface area contributed by atoms with Crippen LogP contribution in [0.25, 0.3) is 10.4 Å². The fourth-order valence-corrected chi connectivity index (χ4v) is 2.19. The maximum Gasteiger partial charge on any atom is 0.228 e. The summed E-state index contributed by atoms with van der Waals surface area (Å²) in [5.41, 5.74) is 8.27. The van der Waals surface area contributed by atoms with Crippen LogP contribution in [0.1, 0.15) is 6.42 Å². The third-order valence-electron chi connectivity index (χ3n) is 2.68. The van der Waals surface area contributed by atoms with E-state index in [2.05, 4.69) is 30.9 Å². The highest BCUT2D eigenvalue weighted by Gasteiger charge is 2.31. The van der Waals surface area contributed by atoms with Gasteiger partial charge in [0.05, 0.1) is 9.50 Å². The van der Waals surface area contributed by atoms with Gasteiger partial charge in [-0.2, -0.15) is 0 Å². The largest absolute Gasteiger partial charge is 0.296 e. The van der Waals surface area contributed by atoms with Gasteiger partial charge in [0, 0.05) is 36.7 Å². The molecule has 1 aromatic heterocycles. The van der Waals surface area contributed by atoms with E-state index in [-0.39, 0.29) is 11.8 Å². The Balaban J connectivity index is 2.16. The van der Waals surface area contributed by atoms with Gasteiger partial charge in [-0.1, -0.05) is 16.7 Å². The molecule has 94 valence electrons. The van der Waals surface area contributed by atoms with Gasteiger partial charge in [0.25, 0.3) is 0 Å². The van der Waals surface area contributed by atoms with Gasteiger partial charge in [-0.25, -0.2) is 4.98 Å². The number of nitrogens with zero attached hydrogens (tertiary/aromatic N) is 5. The minimum atomic E-state index is -0.0287. The first-order valence-corrected chi connectivity index (χ1v) is 6.41. The second-order valence-corrected chi connectivity index (χ2v) is 5.21. The molecule has 0 spiro atoms. The van der Waals surface area contributed by atoms with E-state index in [0.717, 1.165) is 0 Å². The second kappa shape index (κ2) is 5.56. The SMILES string of the molecule is [N-]=[N+]=NCC1CC(=O)N(c2cc(Cl)c(Br)cn2)C1. The predicted molar refractivity (Wildman–Crippen MR) is 71.4 cm³/mol. The molecule has 1 aromatic rings. The summed E-state index contributed by atoms with van der Waals surface area (Å²) in [4.78, 5) is 20.3. The van der Waals surface area contributed by atoms with Crippen LogP contribution < -0.4 is 4.90 Å². The Bertz CT molecular complexity index is 531. The molecule has 1 unspecified atom stereocenters. The molecule has 1 aliphatic heterocycles. The lowest BCUT2D eigenvalue weighted by molar-refractivity contribution is -0.117. The van der Waals surface area contributed by atoms with Crippen molar-refractivity contribution in [2.45, 2.75) is 6.42 Å². The molecular weight excluding hydrogens is 322 g/mol. The van der Waals surface area contributed by atoms with Crippen LogP contribution in [0, 0.1) is 5.92 Å². The van der Waals surface area contributed by atoms with Crippen LogP contribution in [0.2, 0.25) is 5.02 Å². The highest BCUT2D eigenvalue weighted by molar-refractivity contribution is 9.10. The number of aromatic nitrogens is 1. The Labute approximate surface area is 117 Å². The van der Waals surface area contributed by atoms with Crippen LogP contribution in [0.4, 0.5) is 5.82 Å². The number of rotatable bonds is 3. The molecule has 0 radical (unpaired) electrons. The number of carbonyl (C=O) groups excluding carboxylic acids is 1. The fourth-order valence-electron chi connectivity index (χ4n) is 1.83. The Kier molecular flexibility index (Phi) is 4.06. The number of amides is 1. The lowest BCUT2D eigenvalue weighted by Gasteiger charge is -2.15. The molecule has 6 nitrogen and oxygen atoms in total. The van der Waals surface area contributed by atoms with Crippen molar-refractivity contribution in [1.29, 1.82) is 0 Å². The Morgan fingerprint density at radius 1 is 1.72 bits per heavy atom. The summed E-state index contributed by atoms with van der Waals surface area (Å²) in [6.45, 7) is 0.825. The van der Waals surface area contributed by atoms with E-state index in [1.807, 2.05) is 0 Å². The highest BCUT2D eigenvalue weighted by atomic mass is 79.9.